The maximum atomic E-state index is 12.5. The van der Waals surface area contributed by atoms with Crippen molar-refractivity contribution in [1.29, 1.82) is 0 Å². The zero-order valence-corrected chi connectivity index (χ0v) is 12.4. The van der Waals surface area contributed by atoms with Gasteiger partial charge in [-0.3, -0.25) is 4.79 Å². The van der Waals surface area contributed by atoms with E-state index in [1.54, 1.807) is 0 Å². The first-order valence-electron chi connectivity index (χ1n) is 7.96. The lowest BCUT2D eigenvalue weighted by Crippen LogP contribution is -2.49. The smallest absolute Gasteiger partial charge is 0.227 e. The topological polar surface area (TPSA) is 64.4 Å². The third-order valence-corrected chi connectivity index (χ3v) is 4.89. The quantitative estimate of drug-likeness (QED) is 0.891. The summed E-state index contributed by atoms with van der Waals surface area (Å²) in [5.41, 5.74) is 6.78. The molecular formula is C17H24N2O2. The summed E-state index contributed by atoms with van der Waals surface area (Å²) in [5.74, 6) is 1.06. The normalized spacial score (nSPS) is 23.2. The number of nitrogens with two attached hydrogens (primary N) is 1. The zero-order chi connectivity index (χ0) is 14.7. The minimum absolute atomic E-state index is 0.0461. The van der Waals surface area contributed by atoms with Gasteiger partial charge < -0.3 is 15.8 Å². The van der Waals surface area contributed by atoms with Crippen molar-refractivity contribution >= 4 is 5.91 Å². The van der Waals surface area contributed by atoms with E-state index in [-0.39, 0.29) is 17.4 Å². The number of para-hydroxylation sites is 1. The Hall–Kier alpha value is -1.55. The molecule has 0 aromatic heterocycles. The second-order valence-corrected chi connectivity index (χ2v) is 6.31. The van der Waals surface area contributed by atoms with Crippen LogP contribution in [0.4, 0.5) is 0 Å². The Morgan fingerprint density at radius 2 is 2.05 bits per heavy atom. The summed E-state index contributed by atoms with van der Waals surface area (Å²) in [6.07, 6.45) is 6.18. The Kier molecular flexibility index (Phi) is 4.15. The van der Waals surface area contributed by atoms with E-state index in [4.69, 9.17) is 10.5 Å². The molecule has 0 saturated heterocycles. The van der Waals surface area contributed by atoms with Crippen molar-refractivity contribution < 1.29 is 9.53 Å². The summed E-state index contributed by atoms with van der Waals surface area (Å²) in [7, 11) is 0. The van der Waals surface area contributed by atoms with E-state index in [9.17, 15) is 4.79 Å². The van der Waals surface area contributed by atoms with Crippen LogP contribution < -0.4 is 15.8 Å². The monoisotopic (exact) mass is 288 g/mol. The molecule has 1 fully saturated rings. The van der Waals surface area contributed by atoms with Crippen molar-refractivity contribution in [3.05, 3.63) is 29.8 Å². The zero-order valence-electron chi connectivity index (χ0n) is 12.4. The summed E-state index contributed by atoms with van der Waals surface area (Å²) in [6.45, 7) is 1.01. The van der Waals surface area contributed by atoms with Crippen LogP contribution in [0.5, 0.6) is 5.75 Å². The molecule has 114 valence electrons. The van der Waals surface area contributed by atoms with Crippen molar-refractivity contribution in [2.45, 2.75) is 44.6 Å². The van der Waals surface area contributed by atoms with E-state index >= 15 is 0 Å². The molecule has 1 saturated carbocycles. The Morgan fingerprint density at radius 1 is 1.29 bits per heavy atom. The molecule has 0 spiro atoms. The van der Waals surface area contributed by atoms with Gasteiger partial charge in [0.05, 0.1) is 12.0 Å². The predicted molar refractivity (Wildman–Crippen MR) is 82.1 cm³/mol. The molecule has 4 heteroatoms. The molecule has 0 bridgehead atoms. The molecule has 1 aromatic carbocycles. The first-order chi connectivity index (χ1) is 10.2. The Balaban J connectivity index is 1.55. The molecule has 3 rings (SSSR count). The van der Waals surface area contributed by atoms with Crippen molar-refractivity contribution in [2.75, 3.05) is 13.1 Å². The fourth-order valence-corrected chi connectivity index (χ4v) is 3.51. The fraction of sp³-hybridized carbons (Fsp3) is 0.588. The van der Waals surface area contributed by atoms with Gasteiger partial charge in [-0.05, 0) is 24.5 Å². The summed E-state index contributed by atoms with van der Waals surface area (Å²) < 4.78 is 5.87. The lowest BCUT2D eigenvalue weighted by atomic mass is 9.73. The fourth-order valence-electron chi connectivity index (χ4n) is 3.51. The van der Waals surface area contributed by atoms with Crippen LogP contribution in [-0.2, 0) is 11.2 Å². The molecular weight excluding hydrogens is 264 g/mol. The number of hydrogen-bond donors (Lipinski definition) is 2. The number of hydrogen-bond acceptors (Lipinski definition) is 3. The summed E-state index contributed by atoms with van der Waals surface area (Å²) in [4.78, 5) is 12.5. The summed E-state index contributed by atoms with van der Waals surface area (Å²) in [6, 6.07) is 8.07. The predicted octanol–water partition coefficient (Wildman–Crippen LogP) is 2.02. The standard InChI is InChI=1S/C17H24N2O2/c18-12-17(8-4-1-5-9-17)16(20)19-11-14-10-13-6-2-3-7-15(13)21-14/h2-3,6-7,14H,1,4-5,8-12,18H2,(H,19,20). The van der Waals surface area contributed by atoms with Gasteiger partial charge in [0.1, 0.15) is 11.9 Å². The number of carbonyl (C=O) groups is 1. The average molecular weight is 288 g/mol. The molecule has 21 heavy (non-hydrogen) atoms. The van der Waals surface area contributed by atoms with Crippen molar-refractivity contribution in [3.8, 4) is 5.75 Å². The highest BCUT2D eigenvalue weighted by atomic mass is 16.5. The van der Waals surface area contributed by atoms with Gasteiger partial charge in [-0.2, -0.15) is 0 Å². The Labute approximate surface area is 126 Å². The summed E-state index contributed by atoms with van der Waals surface area (Å²) >= 11 is 0. The first-order valence-corrected chi connectivity index (χ1v) is 7.96. The van der Waals surface area contributed by atoms with Crippen LogP contribution >= 0.6 is 0 Å². The molecule has 1 aliphatic carbocycles. The van der Waals surface area contributed by atoms with Crippen LogP contribution in [0.1, 0.15) is 37.7 Å². The second kappa shape index (κ2) is 6.06. The number of benzene rings is 1. The van der Waals surface area contributed by atoms with Gasteiger partial charge in [0.25, 0.3) is 0 Å². The Morgan fingerprint density at radius 3 is 2.76 bits per heavy atom. The maximum Gasteiger partial charge on any atom is 0.227 e. The highest BCUT2D eigenvalue weighted by Crippen LogP contribution is 2.35. The van der Waals surface area contributed by atoms with Crippen molar-refractivity contribution in [2.24, 2.45) is 11.1 Å². The van der Waals surface area contributed by atoms with Crippen molar-refractivity contribution in [1.82, 2.24) is 5.32 Å². The van der Waals surface area contributed by atoms with E-state index in [2.05, 4.69) is 11.4 Å². The van der Waals surface area contributed by atoms with Crippen LogP contribution in [-0.4, -0.2) is 25.1 Å². The number of ether oxygens (including phenoxy) is 1. The molecule has 1 heterocycles. The van der Waals surface area contributed by atoms with E-state index in [0.29, 0.717) is 13.1 Å². The van der Waals surface area contributed by atoms with Gasteiger partial charge in [-0.1, -0.05) is 37.5 Å². The minimum atomic E-state index is -0.344. The number of amides is 1. The molecule has 3 N–H and O–H groups in total. The molecule has 1 amide bonds. The number of carbonyl (C=O) groups excluding carboxylic acids is 1. The van der Waals surface area contributed by atoms with Crippen LogP contribution in [0.3, 0.4) is 0 Å². The number of rotatable bonds is 4. The lowest BCUT2D eigenvalue weighted by Gasteiger charge is -2.34. The van der Waals surface area contributed by atoms with E-state index in [1.807, 2.05) is 18.2 Å². The number of fused-ring (bicyclic) bond motifs is 1. The highest BCUT2D eigenvalue weighted by molar-refractivity contribution is 5.83. The molecule has 4 nitrogen and oxygen atoms in total. The number of nitrogens with one attached hydrogen (secondary N) is 1. The van der Waals surface area contributed by atoms with Crippen LogP contribution in [0.15, 0.2) is 24.3 Å². The average Bonchev–Trinajstić information content (AvgIpc) is 2.96. The third kappa shape index (κ3) is 2.91. The first kappa shape index (κ1) is 14.4. The molecule has 2 aliphatic rings. The van der Waals surface area contributed by atoms with Gasteiger partial charge in [-0.15, -0.1) is 0 Å². The van der Waals surface area contributed by atoms with Gasteiger partial charge >= 0.3 is 0 Å². The van der Waals surface area contributed by atoms with Crippen LogP contribution in [0.25, 0.3) is 0 Å². The van der Waals surface area contributed by atoms with E-state index in [1.165, 1.54) is 12.0 Å². The molecule has 1 aliphatic heterocycles. The lowest BCUT2D eigenvalue weighted by molar-refractivity contribution is -0.132. The Bertz CT molecular complexity index is 484. The largest absolute Gasteiger partial charge is 0.488 e. The van der Waals surface area contributed by atoms with Crippen LogP contribution in [0.2, 0.25) is 0 Å². The van der Waals surface area contributed by atoms with Gasteiger partial charge in [0, 0.05) is 13.0 Å². The highest BCUT2D eigenvalue weighted by Gasteiger charge is 2.38. The second-order valence-electron chi connectivity index (χ2n) is 6.31. The third-order valence-electron chi connectivity index (χ3n) is 4.89. The molecule has 0 radical (unpaired) electrons. The minimum Gasteiger partial charge on any atom is -0.488 e. The molecule has 1 aromatic rings. The maximum absolute atomic E-state index is 12.5. The van der Waals surface area contributed by atoms with Crippen LogP contribution in [0, 0.1) is 5.41 Å². The SMILES string of the molecule is NCC1(C(=O)NCC2Cc3ccccc3O2)CCCCC1. The molecule has 1 atom stereocenters. The van der Waals surface area contributed by atoms with Gasteiger partial charge in [0.2, 0.25) is 5.91 Å². The molecule has 1 unspecified atom stereocenters. The van der Waals surface area contributed by atoms with E-state index in [0.717, 1.165) is 37.9 Å². The summed E-state index contributed by atoms with van der Waals surface area (Å²) in [5, 5.41) is 3.08. The van der Waals surface area contributed by atoms with E-state index < -0.39 is 0 Å². The van der Waals surface area contributed by atoms with Gasteiger partial charge in [-0.25, -0.2) is 0 Å². The van der Waals surface area contributed by atoms with Gasteiger partial charge in [0.15, 0.2) is 0 Å². The van der Waals surface area contributed by atoms with Crippen molar-refractivity contribution in [3.63, 3.8) is 0 Å².